The largest absolute Gasteiger partial charge is 0.484 e. The highest BCUT2D eigenvalue weighted by Gasteiger charge is 2.48. The van der Waals surface area contributed by atoms with Crippen molar-refractivity contribution in [2.45, 2.75) is 45.2 Å². The van der Waals surface area contributed by atoms with Gasteiger partial charge in [-0.15, -0.1) is 0 Å². The van der Waals surface area contributed by atoms with E-state index in [0.29, 0.717) is 18.5 Å². The molecule has 2 aromatic carbocycles. The minimum absolute atomic E-state index is 0.0358. The molecule has 0 spiro atoms. The Kier molecular flexibility index (Phi) is 5.24. The number of carbonyl (C=O) groups excluding carboxylic acids is 1. The van der Waals surface area contributed by atoms with Gasteiger partial charge in [0.25, 0.3) is 5.91 Å². The van der Waals surface area contributed by atoms with Gasteiger partial charge < -0.3 is 14.5 Å². The lowest BCUT2D eigenvalue weighted by atomic mass is 9.90. The van der Waals surface area contributed by atoms with Crippen molar-refractivity contribution < 1.29 is 13.9 Å². The Hall–Kier alpha value is -2.56. The molecule has 2 saturated heterocycles. The van der Waals surface area contributed by atoms with Gasteiger partial charge >= 0.3 is 0 Å². The van der Waals surface area contributed by atoms with Crippen LogP contribution in [-0.2, 0) is 4.79 Å². The Labute approximate surface area is 172 Å². The van der Waals surface area contributed by atoms with Gasteiger partial charge in [-0.25, -0.2) is 4.39 Å². The number of nitrogens with zero attached hydrogens (tertiary/aromatic N) is 2. The van der Waals surface area contributed by atoms with Crippen molar-refractivity contribution in [3.8, 4) is 5.75 Å². The van der Waals surface area contributed by atoms with Gasteiger partial charge in [0, 0.05) is 30.4 Å². The zero-order valence-corrected chi connectivity index (χ0v) is 17.4. The summed E-state index contributed by atoms with van der Waals surface area (Å²) in [5, 5.41) is 0. The highest BCUT2D eigenvalue weighted by molar-refractivity contribution is 5.78. The van der Waals surface area contributed by atoms with E-state index in [9.17, 15) is 9.18 Å². The molecule has 2 aromatic rings. The molecule has 0 unspecified atom stereocenters. The lowest BCUT2D eigenvalue weighted by Gasteiger charge is -2.41. The van der Waals surface area contributed by atoms with Crippen molar-refractivity contribution in [2.75, 3.05) is 24.6 Å². The summed E-state index contributed by atoms with van der Waals surface area (Å²) >= 11 is 0. The van der Waals surface area contributed by atoms with Crippen LogP contribution in [0.15, 0.2) is 48.5 Å². The number of amides is 1. The van der Waals surface area contributed by atoms with E-state index >= 15 is 0 Å². The van der Waals surface area contributed by atoms with Crippen LogP contribution < -0.4 is 9.64 Å². The second-order valence-corrected chi connectivity index (χ2v) is 8.88. The molecule has 0 saturated carbocycles. The summed E-state index contributed by atoms with van der Waals surface area (Å²) in [6, 6.07) is 14.9. The maximum Gasteiger partial charge on any atom is 0.260 e. The molecule has 0 radical (unpaired) electrons. The SMILES string of the molecule is Cc1ccccc1OCC(=O)N1CC[C@H]2[C@@H](C1)CC(C)(C)N2c1cccc(F)c1. The zero-order chi connectivity index (χ0) is 20.6. The van der Waals surface area contributed by atoms with Crippen LogP contribution in [0.4, 0.5) is 10.1 Å². The number of piperidine rings is 1. The first kappa shape index (κ1) is 19.7. The van der Waals surface area contributed by atoms with Gasteiger partial charge in [0.1, 0.15) is 11.6 Å². The number of likely N-dealkylation sites (tertiary alicyclic amines) is 1. The van der Waals surface area contributed by atoms with Crippen molar-refractivity contribution in [3.63, 3.8) is 0 Å². The first-order valence-electron chi connectivity index (χ1n) is 10.4. The molecule has 0 aromatic heterocycles. The summed E-state index contributed by atoms with van der Waals surface area (Å²) in [5.74, 6) is 0.968. The fourth-order valence-electron chi connectivity index (χ4n) is 5.09. The normalized spacial score (nSPS) is 23.0. The maximum absolute atomic E-state index is 13.8. The molecule has 2 heterocycles. The van der Waals surface area contributed by atoms with E-state index in [1.165, 1.54) is 6.07 Å². The third-order valence-electron chi connectivity index (χ3n) is 6.32. The van der Waals surface area contributed by atoms with Crippen LogP contribution in [0.2, 0.25) is 0 Å². The van der Waals surface area contributed by atoms with Crippen molar-refractivity contribution in [1.29, 1.82) is 0 Å². The van der Waals surface area contributed by atoms with Crippen molar-refractivity contribution >= 4 is 11.6 Å². The van der Waals surface area contributed by atoms with E-state index in [1.54, 1.807) is 12.1 Å². The number of halogens is 1. The molecule has 1 amide bonds. The Morgan fingerprint density at radius 3 is 2.76 bits per heavy atom. The summed E-state index contributed by atoms with van der Waals surface area (Å²) < 4.78 is 19.6. The fraction of sp³-hybridized carbons (Fsp3) is 0.458. The number of rotatable bonds is 4. The number of carbonyl (C=O) groups is 1. The summed E-state index contributed by atoms with van der Waals surface area (Å²) in [6.45, 7) is 7.91. The smallest absolute Gasteiger partial charge is 0.260 e. The molecule has 4 nitrogen and oxygen atoms in total. The number of hydrogen-bond acceptors (Lipinski definition) is 3. The molecule has 2 fully saturated rings. The minimum Gasteiger partial charge on any atom is -0.484 e. The maximum atomic E-state index is 13.8. The highest BCUT2D eigenvalue weighted by Crippen LogP contribution is 2.44. The number of ether oxygens (including phenoxy) is 1. The molecule has 2 aliphatic heterocycles. The number of anilines is 1. The van der Waals surface area contributed by atoms with E-state index in [4.69, 9.17) is 4.74 Å². The van der Waals surface area contributed by atoms with Crippen LogP contribution in [0.25, 0.3) is 0 Å². The lowest BCUT2D eigenvalue weighted by molar-refractivity contribution is -0.135. The number of hydrogen-bond donors (Lipinski definition) is 0. The van der Waals surface area contributed by atoms with Crippen LogP contribution in [0.3, 0.4) is 0 Å². The Morgan fingerprint density at radius 1 is 1.21 bits per heavy atom. The molecule has 154 valence electrons. The standard InChI is InChI=1S/C24H29FN2O2/c1-17-7-4-5-10-22(17)29-16-23(28)26-12-11-21-18(15-26)14-24(2,3)27(21)20-9-6-8-19(25)13-20/h4-10,13,18,21H,11-12,14-16H2,1-3H3/t18-,21+/m1/s1. The van der Waals surface area contributed by atoms with E-state index in [1.807, 2.05) is 42.2 Å². The number of aryl methyl sites for hydroxylation is 1. The second kappa shape index (κ2) is 7.69. The van der Waals surface area contributed by atoms with Gasteiger partial charge in [0.05, 0.1) is 0 Å². The number of para-hydroxylation sites is 1. The Balaban J connectivity index is 1.43. The number of benzene rings is 2. The third-order valence-corrected chi connectivity index (χ3v) is 6.32. The van der Waals surface area contributed by atoms with Crippen LogP contribution in [0.1, 0.15) is 32.3 Å². The predicted molar refractivity (Wildman–Crippen MR) is 113 cm³/mol. The van der Waals surface area contributed by atoms with Crippen molar-refractivity contribution in [3.05, 3.63) is 59.9 Å². The molecule has 0 bridgehead atoms. The first-order chi connectivity index (χ1) is 13.8. The molecule has 29 heavy (non-hydrogen) atoms. The average molecular weight is 397 g/mol. The quantitative estimate of drug-likeness (QED) is 0.767. The van der Waals surface area contributed by atoms with Gasteiger partial charge in [0.2, 0.25) is 0 Å². The second-order valence-electron chi connectivity index (χ2n) is 8.88. The predicted octanol–water partition coefficient (Wildman–Crippen LogP) is 4.42. The topological polar surface area (TPSA) is 32.8 Å². The Morgan fingerprint density at radius 2 is 2.00 bits per heavy atom. The molecule has 0 N–H and O–H groups in total. The van der Waals surface area contributed by atoms with E-state index in [2.05, 4.69) is 18.7 Å². The summed E-state index contributed by atoms with van der Waals surface area (Å²) in [6.07, 6.45) is 1.87. The average Bonchev–Trinajstić information content (AvgIpc) is 2.95. The minimum atomic E-state index is -0.206. The fourth-order valence-corrected chi connectivity index (χ4v) is 5.09. The summed E-state index contributed by atoms with van der Waals surface area (Å²) in [7, 11) is 0. The summed E-state index contributed by atoms with van der Waals surface area (Å²) in [4.78, 5) is 17.1. The third kappa shape index (κ3) is 3.96. The Bertz CT molecular complexity index is 898. The summed E-state index contributed by atoms with van der Waals surface area (Å²) in [5.41, 5.74) is 1.90. The van der Waals surface area contributed by atoms with Gasteiger partial charge in [-0.05, 0) is 69.4 Å². The lowest BCUT2D eigenvalue weighted by Crippen LogP contribution is -2.51. The highest BCUT2D eigenvalue weighted by atomic mass is 19.1. The molecule has 0 aliphatic carbocycles. The van der Waals surface area contributed by atoms with Gasteiger partial charge in [-0.3, -0.25) is 4.79 Å². The first-order valence-corrected chi connectivity index (χ1v) is 10.4. The van der Waals surface area contributed by atoms with Crippen molar-refractivity contribution in [1.82, 2.24) is 4.90 Å². The molecule has 5 heteroatoms. The molecule has 2 aliphatic rings. The zero-order valence-electron chi connectivity index (χ0n) is 17.4. The molecular formula is C24H29FN2O2. The van der Waals surface area contributed by atoms with Gasteiger partial charge in [-0.2, -0.15) is 0 Å². The monoisotopic (exact) mass is 396 g/mol. The van der Waals surface area contributed by atoms with Gasteiger partial charge in [-0.1, -0.05) is 24.3 Å². The van der Waals surface area contributed by atoms with Gasteiger partial charge in [0.15, 0.2) is 6.61 Å². The molecular weight excluding hydrogens is 367 g/mol. The van der Waals surface area contributed by atoms with Crippen LogP contribution >= 0.6 is 0 Å². The van der Waals surface area contributed by atoms with E-state index < -0.39 is 0 Å². The molecule has 2 atom stereocenters. The van der Waals surface area contributed by atoms with Crippen LogP contribution in [0.5, 0.6) is 5.75 Å². The molecule has 4 rings (SSSR count). The van der Waals surface area contributed by atoms with E-state index in [-0.39, 0.29) is 23.9 Å². The number of fused-ring (bicyclic) bond motifs is 1. The van der Waals surface area contributed by atoms with E-state index in [0.717, 1.165) is 36.4 Å². The van der Waals surface area contributed by atoms with Crippen LogP contribution in [0, 0.1) is 18.7 Å². The van der Waals surface area contributed by atoms with Crippen LogP contribution in [-0.4, -0.2) is 42.1 Å². The van der Waals surface area contributed by atoms with Crippen molar-refractivity contribution in [2.24, 2.45) is 5.92 Å².